The van der Waals surface area contributed by atoms with Crippen molar-refractivity contribution in [1.82, 2.24) is 9.71 Å². The van der Waals surface area contributed by atoms with Gasteiger partial charge in [-0.05, 0) is 19.1 Å². The average Bonchev–Trinajstić information content (AvgIpc) is 2.83. The minimum atomic E-state index is -3.81. The Kier molecular flexibility index (Phi) is 5.24. The summed E-state index contributed by atoms with van der Waals surface area (Å²) in [6.45, 7) is 1.53. The van der Waals surface area contributed by atoms with Crippen LogP contribution in [0.25, 0.3) is 0 Å². The van der Waals surface area contributed by atoms with Crippen LogP contribution >= 0.6 is 34.5 Å². The van der Waals surface area contributed by atoms with E-state index in [4.69, 9.17) is 23.2 Å². The summed E-state index contributed by atoms with van der Waals surface area (Å²) in [6, 6.07) is 2.69. The smallest absolute Gasteiger partial charge is 0.242 e. The molecule has 2 aromatic rings. The van der Waals surface area contributed by atoms with Crippen LogP contribution in [0.15, 0.2) is 23.2 Å². The fraction of sp³-hybridized carbons (Fsp3) is 0.250. The lowest BCUT2D eigenvalue weighted by atomic mass is 10.2. The number of nitrogens with one attached hydrogen (secondary N) is 1. The largest absolute Gasteiger partial charge is 0.392 e. The maximum absolute atomic E-state index is 12.3. The minimum Gasteiger partial charge on any atom is -0.392 e. The molecule has 9 heteroatoms. The van der Waals surface area contributed by atoms with Crippen LogP contribution in [0, 0.1) is 6.92 Å². The van der Waals surface area contributed by atoms with Gasteiger partial charge in [-0.3, -0.25) is 0 Å². The molecule has 114 valence electrons. The Bertz CT molecular complexity index is 760. The summed E-state index contributed by atoms with van der Waals surface area (Å²) in [5, 5.41) is 10.0. The van der Waals surface area contributed by atoms with Gasteiger partial charge in [-0.15, -0.1) is 11.3 Å². The number of sulfonamides is 1. The molecule has 0 aliphatic heterocycles. The normalized spacial score (nSPS) is 11.8. The summed E-state index contributed by atoms with van der Waals surface area (Å²) in [6.07, 6.45) is 1.67. The van der Waals surface area contributed by atoms with Crippen molar-refractivity contribution in [2.75, 3.05) is 0 Å². The van der Waals surface area contributed by atoms with Gasteiger partial charge in [0.1, 0.15) is 9.90 Å². The predicted molar refractivity (Wildman–Crippen MR) is 83.3 cm³/mol. The van der Waals surface area contributed by atoms with Crippen molar-refractivity contribution in [2.45, 2.75) is 25.0 Å². The molecule has 2 N–H and O–H groups in total. The molecule has 2 rings (SSSR count). The number of thiazole rings is 1. The fourth-order valence-electron chi connectivity index (χ4n) is 1.65. The Morgan fingerprint density at radius 1 is 1.38 bits per heavy atom. The first kappa shape index (κ1) is 16.7. The Hall–Kier alpha value is -0.700. The van der Waals surface area contributed by atoms with E-state index >= 15 is 0 Å². The van der Waals surface area contributed by atoms with Crippen LogP contribution in [0.3, 0.4) is 0 Å². The third-order valence-electron chi connectivity index (χ3n) is 2.68. The standard InChI is InChI=1S/C12H12Cl2N2O3S2/c1-7-4-15-11(20-7)5-16-21(18,19)10-3-2-9(13)8(6-17)12(10)14/h2-4,16-17H,5-6H2,1H3. The average molecular weight is 367 g/mol. The summed E-state index contributed by atoms with van der Waals surface area (Å²) in [7, 11) is -3.81. The van der Waals surface area contributed by atoms with Crippen LogP contribution in [0.4, 0.5) is 0 Å². The van der Waals surface area contributed by atoms with Gasteiger partial charge in [0, 0.05) is 21.7 Å². The van der Waals surface area contributed by atoms with Gasteiger partial charge in [0.2, 0.25) is 10.0 Å². The third kappa shape index (κ3) is 3.74. The number of rotatable bonds is 5. The molecule has 21 heavy (non-hydrogen) atoms. The molecule has 0 saturated heterocycles. The van der Waals surface area contributed by atoms with Crippen molar-refractivity contribution in [2.24, 2.45) is 0 Å². The third-order valence-corrected chi connectivity index (χ3v) is 5.94. The molecule has 0 bridgehead atoms. The van der Waals surface area contributed by atoms with Crippen LogP contribution in [0.1, 0.15) is 15.4 Å². The molecule has 0 amide bonds. The number of aliphatic hydroxyl groups is 1. The van der Waals surface area contributed by atoms with E-state index in [-0.39, 0.29) is 27.0 Å². The van der Waals surface area contributed by atoms with Gasteiger partial charge in [-0.1, -0.05) is 23.2 Å². The lowest BCUT2D eigenvalue weighted by Crippen LogP contribution is -2.23. The van der Waals surface area contributed by atoms with E-state index < -0.39 is 16.6 Å². The zero-order chi connectivity index (χ0) is 15.6. The lowest BCUT2D eigenvalue weighted by Gasteiger charge is -2.11. The number of benzene rings is 1. The molecule has 0 aliphatic rings. The summed E-state index contributed by atoms with van der Waals surface area (Å²) in [4.78, 5) is 4.96. The van der Waals surface area contributed by atoms with Gasteiger partial charge in [0.05, 0.1) is 18.2 Å². The van der Waals surface area contributed by atoms with E-state index in [2.05, 4.69) is 9.71 Å². The fourth-order valence-corrected chi connectivity index (χ4v) is 4.35. The highest BCUT2D eigenvalue weighted by Gasteiger charge is 2.21. The van der Waals surface area contributed by atoms with Crippen LogP contribution in [-0.2, 0) is 23.2 Å². The van der Waals surface area contributed by atoms with E-state index in [0.717, 1.165) is 4.88 Å². The number of halogens is 2. The van der Waals surface area contributed by atoms with Gasteiger partial charge in [0.25, 0.3) is 0 Å². The van der Waals surface area contributed by atoms with Crippen LogP contribution in [-0.4, -0.2) is 18.5 Å². The molecule has 1 aromatic heterocycles. The second-order valence-corrected chi connectivity index (χ2v) is 8.03. The van der Waals surface area contributed by atoms with Crippen LogP contribution < -0.4 is 4.72 Å². The summed E-state index contributed by atoms with van der Waals surface area (Å²) in [5.74, 6) is 0. The topological polar surface area (TPSA) is 79.3 Å². The maximum Gasteiger partial charge on any atom is 0.242 e. The monoisotopic (exact) mass is 366 g/mol. The Morgan fingerprint density at radius 3 is 2.67 bits per heavy atom. The van der Waals surface area contributed by atoms with E-state index in [9.17, 15) is 13.5 Å². The van der Waals surface area contributed by atoms with Gasteiger partial charge in [0.15, 0.2) is 0 Å². The Morgan fingerprint density at radius 2 is 2.10 bits per heavy atom. The van der Waals surface area contributed by atoms with E-state index in [1.807, 2.05) is 6.92 Å². The molecular formula is C12H12Cl2N2O3S2. The molecule has 5 nitrogen and oxygen atoms in total. The second-order valence-electron chi connectivity index (χ2n) is 4.19. The molecule has 0 atom stereocenters. The number of aliphatic hydroxyl groups excluding tert-OH is 1. The highest BCUT2D eigenvalue weighted by atomic mass is 35.5. The molecule has 0 spiro atoms. The number of hydrogen-bond donors (Lipinski definition) is 2. The molecule has 0 saturated carbocycles. The molecule has 0 aliphatic carbocycles. The van der Waals surface area contributed by atoms with Crippen molar-refractivity contribution >= 4 is 44.6 Å². The first-order valence-electron chi connectivity index (χ1n) is 5.84. The van der Waals surface area contributed by atoms with Crippen molar-refractivity contribution in [3.05, 3.63) is 43.8 Å². The van der Waals surface area contributed by atoms with Gasteiger partial charge < -0.3 is 5.11 Å². The highest BCUT2D eigenvalue weighted by Crippen LogP contribution is 2.31. The van der Waals surface area contributed by atoms with Crippen molar-refractivity contribution in [3.8, 4) is 0 Å². The zero-order valence-corrected chi connectivity index (χ0v) is 14.1. The van der Waals surface area contributed by atoms with Crippen LogP contribution in [0.5, 0.6) is 0 Å². The van der Waals surface area contributed by atoms with E-state index in [0.29, 0.717) is 5.01 Å². The summed E-state index contributed by atoms with van der Waals surface area (Å²) in [5.41, 5.74) is 0.186. The van der Waals surface area contributed by atoms with Crippen molar-refractivity contribution in [1.29, 1.82) is 0 Å². The first-order valence-corrected chi connectivity index (χ1v) is 8.89. The van der Waals surface area contributed by atoms with E-state index in [1.165, 1.54) is 23.5 Å². The summed E-state index contributed by atoms with van der Waals surface area (Å²) < 4.78 is 27.0. The molecule has 1 heterocycles. The van der Waals surface area contributed by atoms with Crippen LogP contribution in [0.2, 0.25) is 10.0 Å². The second kappa shape index (κ2) is 6.60. The first-order chi connectivity index (χ1) is 9.85. The number of aromatic nitrogens is 1. The minimum absolute atomic E-state index is 0.0761. The van der Waals surface area contributed by atoms with Gasteiger partial charge >= 0.3 is 0 Å². The molecular weight excluding hydrogens is 355 g/mol. The lowest BCUT2D eigenvalue weighted by molar-refractivity contribution is 0.281. The molecule has 1 aromatic carbocycles. The SMILES string of the molecule is Cc1cnc(CNS(=O)(=O)c2ccc(Cl)c(CO)c2Cl)s1. The quantitative estimate of drug-likeness (QED) is 0.852. The van der Waals surface area contributed by atoms with Gasteiger partial charge in [-0.25, -0.2) is 18.1 Å². The van der Waals surface area contributed by atoms with Crippen molar-refractivity contribution in [3.63, 3.8) is 0 Å². The Labute approximate surface area is 136 Å². The molecule has 0 unspecified atom stereocenters. The predicted octanol–water partition coefficient (Wildman–Crippen LogP) is 2.73. The summed E-state index contributed by atoms with van der Waals surface area (Å²) >= 11 is 13.3. The van der Waals surface area contributed by atoms with E-state index in [1.54, 1.807) is 6.20 Å². The number of nitrogens with zero attached hydrogens (tertiary/aromatic N) is 1. The molecule has 0 fully saturated rings. The van der Waals surface area contributed by atoms with Crippen molar-refractivity contribution < 1.29 is 13.5 Å². The maximum atomic E-state index is 12.3. The van der Waals surface area contributed by atoms with Gasteiger partial charge in [-0.2, -0.15) is 0 Å². The Balaban J connectivity index is 2.27. The number of aryl methyl sites for hydroxylation is 1. The highest BCUT2D eigenvalue weighted by molar-refractivity contribution is 7.89. The molecule has 0 radical (unpaired) electrons. The zero-order valence-electron chi connectivity index (χ0n) is 10.9. The number of hydrogen-bond acceptors (Lipinski definition) is 5.